The largest absolute Gasteiger partial charge is 0.409 e. The normalized spacial score (nSPS) is 18.8. The van der Waals surface area contributed by atoms with Crippen molar-refractivity contribution in [2.24, 2.45) is 16.3 Å². The Labute approximate surface area is 119 Å². The summed E-state index contributed by atoms with van der Waals surface area (Å²) >= 11 is 0. The zero-order valence-electron chi connectivity index (χ0n) is 12.1. The number of unbranched alkanes of at least 4 members (excludes halogenated alkanes) is 1. The Bertz CT molecular complexity index is 328. The SMILES string of the molecule is CCCCOCCNC(=O)C1(C(N)=NO)CCOCC1. The molecular formula is C13H25N3O4. The number of carbonyl (C=O) groups excluding carboxylic acids is 1. The van der Waals surface area contributed by atoms with Gasteiger partial charge in [-0.05, 0) is 19.3 Å². The van der Waals surface area contributed by atoms with E-state index >= 15 is 0 Å². The molecule has 7 nitrogen and oxygen atoms in total. The molecule has 1 aliphatic heterocycles. The number of amidine groups is 1. The number of rotatable bonds is 8. The second-order valence-electron chi connectivity index (χ2n) is 4.90. The highest BCUT2D eigenvalue weighted by Crippen LogP contribution is 2.31. The van der Waals surface area contributed by atoms with Crippen LogP contribution in [0.1, 0.15) is 32.6 Å². The highest BCUT2D eigenvalue weighted by atomic mass is 16.5. The van der Waals surface area contributed by atoms with Crippen LogP contribution in [0.4, 0.5) is 0 Å². The van der Waals surface area contributed by atoms with Gasteiger partial charge in [0.1, 0.15) is 5.41 Å². The number of ether oxygens (including phenoxy) is 2. The summed E-state index contributed by atoms with van der Waals surface area (Å²) in [4.78, 5) is 12.3. The standard InChI is InChI=1S/C13H25N3O4/c1-2-3-7-19-10-6-15-12(17)13(11(14)16-18)4-8-20-9-5-13/h18H,2-10H2,1H3,(H2,14,16)(H,15,17). The summed E-state index contributed by atoms with van der Waals surface area (Å²) in [6, 6.07) is 0. The molecule has 1 aliphatic rings. The molecule has 20 heavy (non-hydrogen) atoms. The summed E-state index contributed by atoms with van der Waals surface area (Å²) in [6.07, 6.45) is 2.94. The molecule has 1 heterocycles. The van der Waals surface area contributed by atoms with E-state index in [0.29, 0.717) is 45.8 Å². The molecule has 1 fully saturated rings. The molecule has 1 amide bonds. The van der Waals surface area contributed by atoms with Gasteiger partial charge in [-0.2, -0.15) is 0 Å². The predicted molar refractivity (Wildman–Crippen MR) is 74.6 cm³/mol. The van der Waals surface area contributed by atoms with Crippen LogP contribution in [0, 0.1) is 5.41 Å². The number of oxime groups is 1. The molecule has 7 heteroatoms. The smallest absolute Gasteiger partial charge is 0.234 e. The van der Waals surface area contributed by atoms with Crippen LogP contribution in [-0.4, -0.2) is 49.9 Å². The summed E-state index contributed by atoms with van der Waals surface area (Å²) in [6.45, 7) is 4.54. The number of nitrogens with zero attached hydrogens (tertiary/aromatic N) is 1. The molecule has 0 aromatic carbocycles. The lowest BCUT2D eigenvalue weighted by atomic mass is 9.78. The third-order valence-corrected chi connectivity index (χ3v) is 3.55. The van der Waals surface area contributed by atoms with Gasteiger partial charge in [-0.15, -0.1) is 0 Å². The second-order valence-corrected chi connectivity index (χ2v) is 4.90. The van der Waals surface area contributed by atoms with Crippen LogP contribution >= 0.6 is 0 Å². The quantitative estimate of drug-likeness (QED) is 0.198. The first-order chi connectivity index (χ1) is 9.67. The van der Waals surface area contributed by atoms with E-state index in [0.717, 1.165) is 12.8 Å². The first kappa shape index (κ1) is 16.7. The minimum absolute atomic E-state index is 0.0507. The van der Waals surface area contributed by atoms with Crippen LogP contribution in [0.3, 0.4) is 0 Å². The molecule has 0 saturated carbocycles. The lowest BCUT2D eigenvalue weighted by Crippen LogP contribution is -2.53. The van der Waals surface area contributed by atoms with E-state index in [1.807, 2.05) is 0 Å². The number of nitrogens with two attached hydrogens (primary N) is 1. The average Bonchev–Trinajstić information content (AvgIpc) is 2.50. The van der Waals surface area contributed by atoms with Gasteiger partial charge in [0, 0.05) is 26.4 Å². The van der Waals surface area contributed by atoms with E-state index in [2.05, 4.69) is 17.4 Å². The van der Waals surface area contributed by atoms with Crippen molar-refractivity contribution < 1.29 is 19.5 Å². The summed E-state index contributed by atoms with van der Waals surface area (Å²) in [7, 11) is 0. The Morgan fingerprint density at radius 1 is 1.45 bits per heavy atom. The van der Waals surface area contributed by atoms with E-state index in [-0.39, 0.29) is 11.7 Å². The minimum Gasteiger partial charge on any atom is -0.409 e. The molecule has 0 aromatic rings. The van der Waals surface area contributed by atoms with Crippen molar-refractivity contribution in [3.05, 3.63) is 0 Å². The van der Waals surface area contributed by atoms with Gasteiger partial charge < -0.3 is 25.7 Å². The zero-order chi connectivity index (χ0) is 14.8. The van der Waals surface area contributed by atoms with Crippen LogP contribution in [0.25, 0.3) is 0 Å². The number of carbonyl (C=O) groups is 1. The van der Waals surface area contributed by atoms with Gasteiger partial charge in [-0.25, -0.2) is 0 Å². The molecule has 0 aromatic heterocycles. The molecule has 0 unspecified atom stereocenters. The van der Waals surface area contributed by atoms with Crippen LogP contribution in [0.2, 0.25) is 0 Å². The topological polar surface area (TPSA) is 106 Å². The van der Waals surface area contributed by atoms with Crippen molar-refractivity contribution in [2.75, 3.05) is 33.0 Å². The highest BCUT2D eigenvalue weighted by Gasteiger charge is 2.44. The molecule has 0 radical (unpaired) electrons. The first-order valence-corrected chi connectivity index (χ1v) is 7.09. The van der Waals surface area contributed by atoms with E-state index in [9.17, 15) is 4.79 Å². The van der Waals surface area contributed by atoms with Gasteiger partial charge in [-0.3, -0.25) is 4.79 Å². The predicted octanol–water partition coefficient (Wildman–Crippen LogP) is 0.463. The summed E-state index contributed by atoms with van der Waals surface area (Å²) in [5.74, 6) is -0.277. The number of hydrogen-bond acceptors (Lipinski definition) is 5. The number of hydrogen-bond donors (Lipinski definition) is 3. The van der Waals surface area contributed by atoms with Crippen molar-refractivity contribution >= 4 is 11.7 Å². The van der Waals surface area contributed by atoms with Crippen LogP contribution in [-0.2, 0) is 14.3 Å². The van der Waals surface area contributed by atoms with Gasteiger partial charge in [-0.1, -0.05) is 18.5 Å². The van der Waals surface area contributed by atoms with E-state index in [1.165, 1.54) is 0 Å². The maximum Gasteiger partial charge on any atom is 0.234 e. The van der Waals surface area contributed by atoms with Crippen LogP contribution in [0.5, 0.6) is 0 Å². The zero-order valence-corrected chi connectivity index (χ0v) is 12.1. The summed E-state index contributed by atoms with van der Waals surface area (Å²) < 4.78 is 10.6. The molecule has 0 spiro atoms. The van der Waals surface area contributed by atoms with Gasteiger partial charge in [0.2, 0.25) is 5.91 Å². The van der Waals surface area contributed by atoms with E-state index in [1.54, 1.807) is 0 Å². The monoisotopic (exact) mass is 287 g/mol. The molecule has 0 aliphatic carbocycles. The molecular weight excluding hydrogens is 262 g/mol. The second kappa shape index (κ2) is 8.76. The molecule has 0 bridgehead atoms. The molecule has 116 valence electrons. The average molecular weight is 287 g/mol. The Balaban J connectivity index is 2.44. The van der Waals surface area contributed by atoms with Gasteiger partial charge in [0.05, 0.1) is 6.61 Å². The number of amides is 1. The van der Waals surface area contributed by atoms with Crippen molar-refractivity contribution in [3.63, 3.8) is 0 Å². The fourth-order valence-electron chi connectivity index (χ4n) is 2.17. The van der Waals surface area contributed by atoms with Crippen LogP contribution in [0.15, 0.2) is 5.16 Å². The maximum atomic E-state index is 12.3. The Morgan fingerprint density at radius 2 is 2.15 bits per heavy atom. The lowest BCUT2D eigenvalue weighted by molar-refractivity contribution is -0.131. The van der Waals surface area contributed by atoms with E-state index in [4.69, 9.17) is 20.4 Å². The van der Waals surface area contributed by atoms with Crippen LogP contribution < -0.4 is 11.1 Å². The summed E-state index contributed by atoms with van der Waals surface area (Å²) in [5.41, 5.74) is 4.74. The third-order valence-electron chi connectivity index (χ3n) is 3.55. The Hall–Kier alpha value is -1.34. The number of nitrogens with one attached hydrogen (secondary N) is 1. The van der Waals surface area contributed by atoms with Gasteiger partial charge in [0.15, 0.2) is 5.84 Å². The minimum atomic E-state index is -0.962. The Morgan fingerprint density at radius 3 is 2.75 bits per heavy atom. The maximum absolute atomic E-state index is 12.3. The van der Waals surface area contributed by atoms with Crippen molar-refractivity contribution in [1.82, 2.24) is 5.32 Å². The molecule has 1 rings (SSSR count). The Kier molecular flexibility index (Phi) is 7.32. The van der Waals surface area contributed by atoms with Crippen molar-refractivity contribution in [3.8, 4) is 0 Å². The van der Waals surface area contributed by atoms with E-state index < -0.39 is 5.41 Å². The first-order valence-electron chi connectivity index (χ1n) is 7.09. The highest BCUT2D eigenvalue weighted by molar-refractivity contribution is 6.06. The molecule has 1 saturated heterocycles. The third kappa shape index (κ3) is 4.35. The molecule has 0 atom stereocenters. The summed E-state index contributed by atoms with van der Waals surface area (Å²) in [5, 5.41) is 14.7. The van der Waals surface area contributed by atoms with Gasteiger partial charge >= 0.3 is 0 Å². The fraction of sp³-hybridized carbons (Fsp3) is 0.846. The molecule has 4 N–H and O–H groups in total. The fourth-order valence-corrected chi connectivity index (χ4v) is 2.17. The van der Waals surface area contributed by atoms with Crippen molar-refractivity contribution in [1.29, 1.82) is 0 Å². The van der Waals surface area contributed by atoms with Crippen molar-refractivity contribution in [2.45, 2.75) is 32.6 Å². The lowest BCUT2D eigenvalue weighted by Gasteiger charge is -2.34. The van der Waals surface area contributed by atoms with Gasteiger partial charge in [0.25, 0.3) is 0 Å².